The summed E-state index contributed by atoms with van der Waals surface area (Å²) >= 11 is 1.28. The first-order chi connectivity index (χ1) is 19.2. The molecule has 0 spiro atoms. The third-order valence-electron chi connectivity index (χ3n) is 6.81. The van der Waals surface area contributed by atoms with Gasteiger partial charge in [0.05, 0.1) is 23.1 Å². The number of nitrogens with one attached hydrogen (secondary N) is 1. The molecule has 10 heteroatoms. The molecule has 0 bridgehead atoms. The molecule has 8 nitrogen and oxygen atoms in total. The molecule has 0 radical (unpaired) electrons. The van der Waals surface area contributed by atoms with E-state index in [0.29, 0.717) is 11.6 Å². The van der Waals surface area contributed by atoms with E-state index in [2.05, 4.69) is 10.3 Å². The minimum Gasteiger partial charge on any atom is -0.456 e. The number of amides is 1. The summed E-state index contributed by atoms with van der Waals surface area (Å²) in [6, 6.07) is 21.3. The summed E-state index contributed by atoms with van der Waals surface area (Å²) in [6.45, 7) is 3.63. The number of hydrogen-bond acceptors (Lipinski definition) is 7. The quantitative estimate of drug-likeness (QED) is 0.286. The van der Waals surface area contributed by atoms with Gasteiger partial charge in [-0.05, 0) is 43.5 Å². The number of hydrogen-bond donors (Lipinski definition) is 1. The molecule has 1 aliphatic rings. The maximum absolute atomic E-state index is 13.6. The maximum atomic E-state index is 13.6. The lowest BCUT2D eigenvalue weighted by Gasteiger charge is -2.36. The highest BCUT2D eigenvalue weighted by molar-refractivity contribution is 7.89. The van der Waals surface area contributed by atoms with Crippen LogP contribution in [0.3, 0.4) is 0 Å². The van der Waals surface area contributed by atoms with Gasteiger partial charge in [0.2, 0.25) is 10.0 Å². The highest BCUT2D eigenvalue weighted by atomic mass is 32.2. The molecule has 206 valence electrons. The summed E-state index contributed by atoms with van der Waals surface area (Å²) < 4.78 is 33.8. The number of rotatable bonds is 8. The van der Waals surface area contributed by atoms with Crippen LogP contribution in [0.5, 0.6) is 0 Å². The molecule has 1 amide bonds. The summed E-state index contributed by atoms with van der Waals surface area (Å²) in [4.78, 5) is 30.0. The number of ether oxygens (including phenoxy) is 1. The Hall–Kier alpha value is -3.86. The van der Waals surface area contributed by atoms with Gasteiger partial charge in [0.15, 0.2) is 11.7 Å². The molecule has 2 heterocycles. The number of carbonyl (C=O) groups is 2. The number of sulfonamides is 1. The molecule has 1 aliphatic heterocycles. The Balaban J connectivity index is 1.25. The van der Waals surface area contributed by atoms with E-state index < -0.39 is 34.5 Å². The van der Waals surface area contributed by atoms with E-state index in [9.17, 15) is 18.0 Å². The number of anilines is 1. The van der Waals surface area contributed by atoms with Crippen LogP contribution in [0.1, 0.15) is 34.7 Å². The Kier molecular flexibility index (Phi) is 8.11. The zero-order chi connectivity index (χ0) is 28.3. The fourth-order valence-corrected chi connectivity index (χ4v) is 7.02. The third-order valence-corrected chi connectivity index (χ3v) is 9.49. The average Bonchev–Trinajstić information content (AvgIpc) is 3.41. The van der Waals surface area contributed by atoms with Gasteiger partial charge in [0.25, 0.3) is 5.91 Å². The van der Waals surface area contributed by atoms with Gasteiger partial charge in [0.1, 0.15) is 0 Å². The minimum absolute atomic E-state index is 0.170. The number of fused-ring (bicyclic) bond motifs is 1. The Morgan fingerprint density at radius 1 is 1.00 bits per heavy atom. The molecule has 0 saturated heterocycles. The van der Waals surface area contributed by atoms with Crippen molar-refractivity contribution in [3.63, 3.8) is 0 Å². The van der Waals surface area contributed by atoms with Crippen LogP contribution in [0, 0.1) is 13.8 Å². The van der Waals surface area contributed by atoms with Gasteiger partial charge in [-0.3, -0.25) is 14.9 Å². The monoisotopic (exact) mass is 575 g/mol. The summed E-state index contributed by atoms with van der Waals surface area (Å²) in [7, 11) is -3.87. The molecule has 1 aromatic heterocycles. The predicted molar refractivity (Wildman–Crippen MR) is 154 cm³/mol. The molecule has 0 fully saturated rings. The Morgan fingerprint density at radius 2 is 1.68 bits per heavy atom. The Labute approximate surface area is 237 Å². The van der Waals surface area contributed by atoms with Gasteiger partial charge >= 0.3 is 5.97 Å². The number of esters is 1. The van der Waals surface area contributed by atoms with Crippen molar-refractivity contribution in [1.82, 2.24) is 9.29 Å². The van der Waals surface area contributed by atoms with E-state index in [1.165, 1.54) is 15.6 Å². The SMILES string of the molecule is Cc1ccc(-c2csc(NC(=O)COC(=O)CC3c4ccccc4CCN3S(=O)(=O)c3ccc(C)cc3)n2)cc1. The maximum Gasteiger partial charge on any atom is 0.308 e. The fourth-order valence-electron chi connectivity index (χ4n) is 4.68. The topological polar surface area (TPSA) is 106 Å². The van der Waals surface area contributed by atoms with Crippen LogP contribution in [0.15, 0.2) is 83.1 Å². The third kappa shape index (κ3) is 6.14. The highest BCUT2D eigenvalue weighted by Gasteiger charge is 2.37. The number of benzene rings is 3. The van der Waals surface area contributed by atoms with Crippen molar-refractivity contribution in [2.45, 2.75) is 37.6 Å². The van der Waals surface area contributed by atoms with Crippen molar-refractivity contribution < 1.29 is 22.7 Å². The molecule has 1 N–H and O–H groups in total. The second-order valence-corrected chi connectivity index (χ2v) is 12.5. The lowest BCUT2D eigenvalue weighted by atomic mass is 9.92. The first kappa shape index (κ1) is 27.7. The van der Waals surface area contributed by atoms with Crippen LogP contribution in [0.2, 0.25) is 0 Å². The second kappa shape index (κ2) is 11.7. The molecule has 1 unspecified atom stereocenters. The lowest BCUT2D eigenvalue weighted by Crippen LogP contribution is -2.41. The van der Waals surface area contributed by atoms with Crippen LogP contribution in [0.4, 0.5) is 5.13 Å². The molecular weight excluding hydrogens is 546 g/mol. The van der Waals surface area contributed by atoms with Crippen LogP contribution >= 0.6 is 11.3 Å². The Morgan fingerprint density at radius 3 is 2.40 bits per heavy atom. The van der Waals surface area contributed by atoms with Crippen molar-refractivity contribution in [2.24, 2.45) is 0 Å². The first-order valence-electron chi connectivity index (χ1n) is 12.8. The van der Waals surface area contributed by atoms with Gasteiger partial charge in [0, 0.05) is 17.5 Å². The van der Waals surface area contributed by atoms with Gasteiger partial charge in [-0.1, -0.05) is 71.8 Å². The summed E-state index contributed by atoms with van der Waals surface area (Å²) in [5.74, 6) is -1.19. The number of thiazole rings is 1. The number of carbonyl (C=O) groups excluding carboxylic acids is 2. The van der Waals surface area contributed by atoms with Crippen molar-refractivity contribution >= 4 is 38.4 Å². The summed E-state index contributed by atoms with van der Waals surface area (Å²) in [5.41, 5.74) is 5.51. The van der Waals surface area contributed by atoms with Crippen molar-refractivity contribution in [3.05, 3.63) is 100 Å². The Bertz CT molecular complexity index is 1630. The van der Waals surface area contributed by atoms with Crippen LogP contribution in [0.25, 0.3) is 11.3 Å². The predicted octanol–water partition coefficient (Wildman–Crippen LogP) is 5.29. The first-order valence-corrected chi connectivity index (χ1v) is 15.2. The molecule has 0 saturated carbocycles. The standard InChI is InChI=1S/C30H29N3O5S2/c1-20-7-11-23(12-8-20)26-19-39-30(31-26)32-28(34)18-38-29(35)17-27-25-6-4-3-5-22(25)15-16-33(27)40(36,37)24-13-9-21(2)10-14-24/h3-14,19,27H,15-18H2,1-2H3,(H,31,32,34). The fraction of sp³-hybridized carbons (Fsp3) is 0.233. The average molecular weight is 576 g/mol. The highest BCUT2D eigenvalue weighted by Crippen LogP contribution is 2.36. The van der Waals surface area contributed by atoms with Gasteiger partial charge < -0.3 is 4.74 Å². The van der Waals surface area contributed by atoms with E-state index in [-0.39, 0.29) is 17.9 Å². The van der Waals surface area contributed by atoms with Crippen molar-refractivity contribution in [3.8, 4) is 11.3 Å². The minimum atomic E-state index is -3.87. The largest absolute Gasteiger partial charge is 0.456 e. The zero-order valence-electron chi connectivity index (χ0n) is 22.2. The van der Waals surface area contributed by atoms with Gasteiger partial charge in [-0.15, -0.1) is 11.3 Å². The summed E-state index contributed by atoms with van der Waals surface area (Å²) in [5, 5.41) is 4.90. The van der Waals surface area contributed by atoms with Gasteiger partial charge in [-0.2, -0.15) is 4.31 Å². The molecule has 5 rings (SSSR count). The van der Waals surface area contributed by atoms with E-state index in [1.54, 1.807) is 24.3 Å². The number of aromatic nitrogens is 1. The summed E-state index contributed by atoms with van der Waals surface area (Å²) in [6.07, 6.45) is 0.317. The van der Waals surface area contributed by atoms with E-state index in [4.69, 9.17) is 4.74 Å². The van der Waals surface area contributed by atoms with Crippen molar-refractivity contribution in [2.75, 3.05) is 18.5 Å². The van der Waals surface area contributed by atoms with Crippen molar-refractivity contribution in [1.29, 1.82) is 0 Å². The molecule has 4 aromatic rings. The molecule has 3 aromatic carbocycles. The number of nitrogens with zero attached hydrogens (tertiary/aromatic N) is 2. The van der Waals surface area contributed by atoms with Crippen LogP contribution in [-0.2, 0) is 30.8 Å². The molecular formula is C30H29N3O5S2. The zero-order valence-corrected chi connectivity index (χ0v) is 23.8. The van der Waals surface area contributed by atoms with Gasteiger partial charge in [-0.25, -0.2) is 13.4 Å². The van der Waals surface area contributed by atoms with Crippen LogP contribution < -0.4 is 5.32 Å². The molecule has 40 heavy (non-hydrogen) atoms. The van der Waals surface area contributed by atoms with Crippen LogP contribution in [-0.4, -0.2) is 42.7 Å². The van der Waals surface area contributed by atoms with E-state index >= 15 is 0 Å². The normalized spacial score (nSPS) is 15.3. The smallest absolute Gasteiger partial charge is 0.308 e. The second-order valence-electron chi connectivity index (χ2n) is 9.71. The van der Waals surface area contributed by atoms with E-state index in [0.717, 1.165) is 33.5 Å². The molecule has 1 atom stereocenters. The number of aryl methyl sites for hydroxylation is 2. The molecule has 0 aliphatic carbocycles. The van der Waals surface area contributed by atoms with E-state index in [1.807, 2.05) is 67.8 Å². The lowest BCUT2D eigenvalue weighted by molar-refractivity contribution is -0.148.